The van der Waals surface area contributed by atoms with Crippen LogP contribution < -0.4 is 5.73 Å². The van der Waals surface area contributed by atoms with Crippen LogP contribution in [-0.4, -0.2) is 19.8 Å². The molecule has 78 valence electrons. The van der Waals surface area contributed by atoms with Gasteiger partial charge < -0.3 is 10.5 Å². The molecule has 0 aliphatic rings. The SMILES string of the molecule is COCC(N)Cc1cc(C)ccc1C. The Morgan fingerprint density at radius 2 is 2.07 bits per heavy atom. The van der Waals surface area contributed by atoms with E-state index in [-0.39, 0.29) is 6.04 Å². The minimum absolute atomic E-state index is 0.0977. The third kappa shape index (κ3) is 3.13. The van der Waals surface area contributed by atoms with Gasteiger partial charge in [-0.15, -0.1) is 0 Å². The molecule has 1 aromatic carbocycles. The van der Waals surface area contributed by atoms with Crippen molar-refractivity contribution in [3.8, 4) is 0 Å². The predicted octanol–water partition coefficient (Wildman–Crippen LogP) is 1.82. The monoisotopic (exact) mass is 193 g/mol. The highest BCUT2D eigenvalue weighted by Crippen LogP contribution is 2.12. The molecule has 0 amide bonds. The third-order valence-corrected chi connectivity index (χ3v) is 2.37. The number of ether oxygens (including phenoxy) is 1. The van der Waals surface area contributed by atoms with Gasteiger partial charge in [-0.05, 0) is 31.4 Å². The van der Waals surface area contributed by atoms with E-state index in [1.54, 1.807) is 7.11 Å². The van der Waals surface area contributed by atoms with Crippen LogP contribution >= 0.6 is 0 Å². The summed E-state index contributed by atoms with van der Waals surface area (Å²) in [6.07, 6.45) is 0.890. The summed E-state index contributed by atoms with van der Waals surface area (Å²) in [5, 5.41) is 0. The molecule has 0 radical (unpaired) electrons. The largest absolute Gasteiger partial charge is 0.383 e. The van der Waals surface area contributed by atoms with E-state index >= 15 is 0 Å². The zero-order chi connectivity index (χ0) is 10.6. The molecule has 0 spiro atoms. The van der Waals surface area contributed by atoms with Gasteiger partial charge in [0.1, 0.15) is 0 Å². The second-order valence-corrected chi connectivity index (χ2v) is 3.85. The normalized spacial score (nSPS) is 12.9. The highest BCUT2D eigenvalue weighted by atomic mass is 16.5. The smallest absolute Gasteiger partial charge is 0.0616 e. The minimum Gasteiger partial charge on any atom is -0.383 e. The molecule has 1 unspecified atom stereocenters. The lowest BCUT2D eigenvalue weighted by Crippen LogP contribution is -2.28. The van der Waals surface area contributed by atoms with E-state index in [0.29, 0.717) is 6.61 Å². The molecule has 1 atom stereocenters. The van der Waals surface area contributed by atoms with Crippen LogP contribution in [0, 0.1) is 13.8 Å². The van der Waals surface area contributed by atoms with E-state index in [1.807, 2.05) is 0 Å². The first kappa shape index (κ1) is 11.2. The number of hydrogen-bond donors (Lipinski definition) is 1. The van der Waals surface area contributed by atoms with Crippen molar-refractivity contribution < 1.29 is 4.74 Å². The first-order chi connectivity index (χ1) is 6.63. The van der Waals surface area contributed by atoms with Crippen molar-refractivity contribution in [2.75, 3.05) is 13.7 Å². The number of methoxy groups -OCH3 is 1. The van der Waals surface area contributed by atoms with Gasteiger partial charge in [0.25, 0.3) is 0 Å². The molecule has 2 nitrogen and oxygen atoms in total. The van der Waals surface area contributed by atoms with E-state index < -0.39 is 0 Å². The second-order valence-electron chi connectivity index (χ2n) is 3.85. The van der Waals surface area contributed by atoms with Gasteiger partial charge in [-0.1, -0.05) is 23.8 Å². The Morgan fingerprint density at radius 1 is 1.36 bits per heavy atom. The Balaban J connectivity index is 2.70. The topological polar surface area (TPSA) is 35.2 Å². The highest BCUT2D eigenvalue weighted by molar-refractivity contribution is 5.31. The fourth-order valence-electron chi connectivity index (χ4n) is 1.58. The predicted molar refractivity (Wildman–Crippen MR) is 59.5 cm³/mol. The summed E-state index contributed by atoms with van der Waals surface area (Å²) in [6.45, 7) is 4.84. The molecule has 0 aliphatic carbocycles. The quantitative estimate of drug-likeness (QED) is 0.791. The number of nitrogens with two attached hydrogens (primary N) is 1. The summed E-state index contributed by atoms with van der Waals surface area (Å²) in [5.74, 6) is 0. The molecule has 0 aliphatic heterocycles. The standard InChI is InChI=1S/C12H19NO/c1-9-4-5-10(2)11(6-9)7-12(13)8-14-3/h4-6,12H,7-8,13H2,1-3H3. The van der Waals surface area contributed by atoms with Gasteiger partial charge in [0.15, 0.2) is 0 Å². The summed E-state index contributed by atoms with van der Waals surface area (Å²) in [5.41, 5.74) is 9.83. The van der Waals surface area contributed by atoms with Gasteiger partial charge in [-0.2, -0.15) is 0 Å². The van der Waals surface area contributed by atoms with Crippen molar-refractivity contribution in [1.82, 2.24) is 0 Å². The molecule has 0 saturated carbocycles. The number of hydrogen-bond acceptors (Lipinski definition) is 2. The van der Waals surface area contributed by atoms with E-state index in [9.17, 15) is 0 Å². The van der Waals surface area contributed by atoms with Gasteiger partial charge in [-0.25, -0.2) is 0 Å². The first-order valence-corrected chi connectivity index (χ1v) is 4.94. The number of benzene rings is 1. The molecular weight excluding hydrogens is 174 g/mol. The maximum Gasteiger partial charge on any atom is 0.0616 e. The average Bonchev–Trinajstić information content (AvgIpc) is 2.12. The molecule has 1 aromatic rings. The molecular formula is C12H19NO. The molecule has 0 aromatic heterocycles. The zero-order valence-corrected chi connectivity index (χ0v) is 9.21. The van der Waals surface area contributed by atoms with Gasteiger partial charge in [-0.3, -0.25) is 0 Å². The maximum absolute atomic E-state index is 5.91. The Morgan fingerprint density at radius 3 is 2.71 bits per heavy atom. The van der Waals surface area contributed by atoms with E-state index in [1.165, 1.54) is 16.7 Å². The van der Waals surface area contributed by atoms with Crippen molar-refractivity contribution in [3.05, 3.63) is 34.9 Å². The molecule has 0 saturated heterocycles. The number of rotatable bonds is 4. The lowest BCUT2D eigenvalue weighted by atomic mass is 10.00. The Kier molecular flexibility index (Phi) is 4.11. The molecule has 14 heavy (non-hydrogen) atoms. The van der Waals surface area contributed by atoms with Gasteiger partial charge in [0, 0.05) is 13.2 Å². The van der Waals surface area contributed by atoms with Crippen LogP contribution in [0.4, 0.5) is 0 Å². The van der Waals surface area contributed by atoms with Crippen LogP contribution in [0.1, 0.15) is 16.7 Å². The summed E-state index contributed by atoms with van der Waals surface area (Å²) < 4.78 is 5.02. The van der Waals surface area contributed by atoms with Gasteiger partial charge in [0.05, 0.1) is 6.61 Å². The van der Waals surface area contributed by atoms with Crippen LogP contribution in [-0.2, 0) is 11.2 Å². The van der Waals surface area contributed by atoms with Crippen molar-refractivity contribution in [2.45, 2.75) is 26.3 Å². The van der Waals surface area contributed by atoms with Crippen LogP contribution in [0.2, 0.25) is 0 Å². The van der Waals surface area contributed by atoms with Crippen LogP contribution in [0.5, 0.6) is 0 Å². The van der Waals surface area contributed by atoms with Crippen LogP contribution in [0.25, 0.3) is 0 Å². The van der Waals surface area contributed by atoms with Crippen LogP contribution in [0.3, 0.4) is 0 Å². The first-order valence-electron chi connectivity index (χ1n) is 4.94. The molecule has 2 N–H and O–H groups in total. The molecule has 0 heterocycles. The molecule has 0 bridgehead atoms. The van der Waals surface area contributed by atoms with Crippen molar-refractivity contribution in [1.29, 1.82) is 0 Å². The maximum atomic E-state index is 5.91. The Labute approximate surface area is 86.1 Å². The van der Waals surface area contributed by atoms with Crippen molar-refractivity contribution in [3.63, 3.8) is 0 Å². The Bertz CT molecular complexity index is 296. The fraction of sp³-hybridized carbons (Fsp3) is 0.500. The highest BCUT2D eigenvalue weighted by Gasteiger charge is 2.05. The lowest BCUT2D eigenvalue weighted by molar-refractivity contribution is 0.180. The van der Waals surface area contributed by atoms with Crippen molar-refractivity contribution >= 4 is 0 Å². The summed E-state index contributed by atoms with van der Waals surface area (Å²) in [7, 11) is 1.68. The summed E-state index contributed by atoms with van der Waals surface area (Å²) in [6, 6.07) is 6.57. The Hall–Kier alpha value is -0.860. The zero-order valence-electron chi connectivity index (χ0n) is 9.21. The van der Waals surface area contributed by atoms with Crippen molar-refractivity contribution in [2.24, 2.45) is 5.73 Å². The van der Waals surface area contributed by atoms with Gasteiger partial charge in [0.2, 0.25) is 0 Å². The molecule has 0 fully saturated rings. The average molecular weight is 193 g/mol. The minimum atomic E-state index is 0.0977. The van der Waals surface area contributed by atoms with Crippen LogP contribution in [0.15, 0.2) is 18.2 Å². The fourth-order valence-corrected chi connectivity index (χ4v) is 1.58. The lowest BCUT2D eigenvalue weighted by Gasteiger charge is -2.12. The summed E-state index contributed by atoms with van der Waals surface area (Å²) >= 11 is 0. The van der Waals surface area contributed by atoms with E-state index in [2.05, 4.69) is 32.0 Å². The molecule has 2 heteroatoms. The van der Waals surface area contributed by atoms with Gasteiger partial charge >= 0.3 is 0 Å². The summed E-state index contributed by atoms with van der Waals surface area (Å²) in [4.78, 5) is 0. The van der Waals surface area contributed by atoms with E-state index in [0.717, 1.165) is 6.42 Å². The number of aryl methyl sites for hydroxylation is 2. The molecule has 1 rings (SSSR count). The third-order valence-electron chi connectivity index (χ3n) is 2.37. The van der Waals surface area contributed by atoms with E-state index in [4.69, 9.17) is 10.5 Å². The second kappa shape index (κ2) is 5.13.